The molecule has 0 aromatic carbocycles. The van der Waals surface area contributed by atoms with Crippen LogP contribution in [0.3, 0.4) is 0 Å². The van der Waals surface area contributed by atoms with E-state index in [0.29, 0.717) is 0 Å². The third-order valence-electron chi connectivity index (χ3n) is 5.57. The molecule has 20 heavy (non-hydrogen) atoms. The minimum Gasteiger partial charge on any atom is -0.368 e. The Labute approximate surface area is 123 Å². The third-order valence-corrected chi connectivity index (χ3v) is 5.57. The highest BCUT2D eigenvalue weighted by atomic mass is 15.2. The number of hydrogen-bond donors (Lipinski definition) is 0. The van der Waals surface area contributed by atoms with Crippen molar-refractivity contribution in [2.75, 3.05) is 0 Å². The Kier molecular flexibility index (Phi) is 4.65. The summed E-state index contributed by atoms with van der Waals surface area (Å²) in [6.45, 7) is 0. The maximum absolute atomic E-state index is 9.45. The van der Waals surface area contributed by atoms with Gasteiger partial charge in [-0.05, 0) is 44.9 Å². The Bertz CT molecular complexity index is 374. The largest absolute Gasteiger partial charge is 0.368 e. The minimum atomic E-state index is 0.739. The van der Waals surface area contributed by atoms with Crippen LogP contribution in [0.1, 0.15) is 83.5 Å². The van der Waals surface area contributed by atoms with Crippen molar-refractivity contribution in [2.24, 2.45) is 0 Å². The molecule has 2 saturated carbocycles. The second-order valence-corrected chi connectivity index (χ2v) is 6.88. The summed E-state index contributed by atoms with van der Waals surface area (Å²) in [5.74, 6) is 0. The van der Waals surface area contributed by atoms with Gasteiger partial charge in [0.15, 0.2) is 0 Å². The Hall–Kier alpha value is -0.970. The zero-order valence-electron chi connectivity index (χ0n) is 12.7. The van der Waals surface area contributed by atoms with Crippen LogP contribution in [0, 0.1) is 11.3 Å². The van der Waals surface area contributed by atoms with Crippen molar-refractivity contribution in [2.45, 2.75) is 95.6 Å². The zero-order valence-corrected chi connectivity index (χ0v) is 12.7. The lowest BCUT2D eigenvalue weighted by Crippen LogP contribution is -2.44. The van der Waals surface area contributed by atoms with Crippen LogP contribution in [-0.4, -0.2) is 17.0 Å². The van der Waals surface area contributed by atoms with Crippen molar-refractivity contribution in [1.82, 2.24) is 4.90 Å². The molecule has 0 radical (unpaired) electrons. The van der Waals surface area contributed by atoms with Crippen molar-refractivity contribution < 1.29 is 0 Å². The van der Waals surface area contributed by atoms with Gasteiger partial charge in [-0.2, -0.15) is 5.26 Å². The average molecular weight is 272 g/mol. The average Bonchev–Trinajstić information content (AvgIpc) is 2.98. The predicted octanol–water partition coefficient (Wildman–Crippen LogP) is 4.92. The molecule has 0 amide bonds. The van der Waals surface area contributed by atoms with Crippen molar-refractivity contribution in [3.63, 3.8) is 0 Å². The quantitative estimate of drug-likeness (QED) is 0.729. The molecule has 0 atom stereocenters. The number of hydrogen-bond acceptors (Lipinski definition) is 2. The normalized spacial score (nSPS) is 25.8. The van der Waals surface area contributed by atoms with Crippen LogP contribution in [-0.2, 0) is 0 Å². The summed E-state index contributed by atoms with van der Waals surface area (Å²) in [5.41, 5.74) is 2.56. The van der Waals surface area contributed by atoms with Gasteiger partial charge >= 0.3 is 0 Å². The Morgan fingerprint density at radius 3 is 1.80 bits per heavy atom. The molecule has 0 heterocycles. The molecule has 2 nitrogen and oxygen atoms in total. The van der Waals surface area contributed by atoms with Gasteiger partial charge in [0.05, 0.1) is 6.07 Å². The summed E-state index contributed by atoms with van der Waals surface area (Å²) in [7, 11) is 0. The first kappa shape index (κ1) is 14.0. The molecule has 0 aliphatic heterocycles. The first-order valence-electron chi connectivity index (χ1n) is 8.80. The molecule has 110 valence electrons. The summed E-state index contributed by atoms with van der Waals surface area (Å²) in [6.07, 6.45) is 17.2. The fourth-order valence-electron chi connectivity index (χ4n) is 4.59. The van der Waals surface area contributed by atoms with Crippen LogP contribution in [0.15, 0.2) is 11.3 Å². The predicted molar refractivity (Wildman–Crippen MR) is 82.1 cm³/mol. The lowest BCUT2D eigenvalue weighted by atomic mass is 9.88. The molecule has 0 N–H and O–H groups in total. The molecule has 3 rings (SSSR count). The summed E-state index contributed by atoms with van der Waals surface area (Å²) >= 11 is 0. The standard InChI is InChI=1S/C18H28N2/c19-14-15-8-7-13-18(15)20(16-9-3-1-4-10-16)17-11-5-2-6-12-17/h16-17H,1-13H2. The van der Waals surface area contributed by atoms with Gasteiger partial charge in [-0.1, -0.05) is 38.5 Å². The van der Waals surface area contributed by atoms with E-state index in [4.69, 9.17) is 0 Å². The molecule has 3 aliphatic carbocycles. The maximum Gasteiger partial charge on any atom is 0.0965 e. The second kappa shape index (κ2) is 6.66. The van der Waals surface area contributed by atoms with Gasteiger partial charge in [0, 0.05) is 23.4 Å². The Morgan fingerprint density at radius 1 is 0.750 bits per heavy atom. The van der Waals surface area contributed by atoms with Crippen molar-refractivity contribution >= 4 is 0 Å². The molecule has 0 saturated heterocycles. The highest BCUT2D eigenvalue weighted by Gasteiger charge is 2.32. The van der Waals surface area contributed by atoms with Crippen LogP contribution in [0.4, 0.5) is 0 Å². The molecular weight excluding hydrogens is 244 g/mol. The van der Waals surface area contributed by atoms with Gasteiger partial charge < -0.3 is 4.90 Å². The van der Waals surface area contributed by atoms with Crippen LogP contribution in [0.25, 0.3) is 0 Å². The molecule has 3 aliphatic rings. The van der Waals surface area contributed by atoms with E-state index in [9.17, 15) is 5.26 Å². The highest BCUT2D eigenvalue weighted by Crippen LogP contribution is 2.38. The topological polar surface area (TPSA) is 27.0 Å². The molecule has 0 aromatic rings. The minimum absolute atomic E-state index is 0.739. The third kappa shape index (κ3) is 2.87. The molecule has 2 heteroatoms. The Balaban J connectivity index is 1.84. The molecule has 0 unspecified atom stereocenters. The van der Waals surface area contributed by atoms with Crippen LogP contribution in [0.5, 0.6) is 0 Å². The first-order chi connectivity index (χ1) is 9.90. The van der Waals surface area contributed by atoms with E-state index in [2.05, 4.69) is 11.0 Å². The zero-order chi connectivity index (χ0) is 13.8. The van der Waals surface area contributed by atoms with Gasteiger partial charge in [-0.3, -0.25) is 0 Å². The molecule has 0 aromatic heterocycles. The number of rotatable bonds is 3. The van der Waals surface area contributed by atoms with Gasteiger partial charge in [0.1, 0.15) is 0 Å². The number of allylic oxidation sites excluding steroid dienone is 2. The van der Waals surface area contributed by atoms with E-state index in [1.165, 1.54) is 76.3 Å². The summed E-state index contributed by atoms with van der Waals surface area (Å²) in [4.78, 5) is 2.77. The molecular formula is C18H28N2. The Morgan fingerprint density at radius 2 is 1.30 bits per heavy atom. The summed E-state index contributed by atoms with van der Waals surface area (Å²) in [6, 6.07) is 3.99. The van der Waals surface area contributed by atoms with Gasteiger partial charge in [-0.25, -0.2) is 0 Å². The van der Waals surface area contributed by atoms with E-state index >= 15 is 0 Å². The monoisotopic (exact) mass is 272 g/mol. The fourth-order valence-corrected chi connectivity index (χ4v) is 4.59. The maximum atomic E-state index is 9.45. The SMILES string of the molecule is N#CC1=C(N(C2CCCCC2)C2CCCCC2)CCC1. The molecule has 2 fully saturated rings. The van der Waals surface area contributed by atoms with Gasteiger partial charge in [0.25, 0.3) is 0 Å². The van der Waals surface area contributed by atoms with E-state index in [-0.39, 0.29) is 0 Å². The fraction of sp³-hybridized carbons (Fsp3) is 0.833. The van der Waals surface area contributed by atoms with Crippen LogP contribution in [0.2, 0.25) is 0 Å². The van der Waals surface area contributed by atoms with Gasteiger partial charge in [0.2, 0.25) is 0 Å². The van der Waals surface area contributed by atoms with E-state index in [0.717, 1.165) is 30.5 Å². The van der Waals surface area contributed by atoms with Crippen molar-refractivity contribution in [3.8, 4) is 6.07 Å². The van der Waals surface area contributed by atoms with Crippen molar-refractivity contribution in [1.29, 1.82) is 5.26 Å². The van der Waals surface area contributed by atoms with Gasteiger partial charge in [-0.15, -0.1) is 0 Å². The van der Waals surface area contributed by atoms with E-state index in [1.54, 1.807) is 0 Å². The molecule has 0 bridgehead atoms. The van der Waals surface area contributed by atoms with E-state index in [1.807, 2.05) is 0 Å². The van der Waals surface area contributed by atoms with Crippen LogP contribution >= 0.6 is 0 Å². The highest BCUT2D eigenvalue weighted by molar-refractivity contribution is 5.31. The lowest BCUT2D eigenvalue weighted by Gasteiger charge is -2.44. The number of nitrogens with zero attached hydrogens (tertiary/aromatic N) is 2. The second-order valence-electron chi connectivity index (χ2n) is 6.88. The summed E-state index contributed by atoms with van der Waals surface area (Å²) < 4.78 is 0. The van der Waals surface area contributed by atoms with Crippen molar-refractivity contribution in [3.05, 3.63) is 11.3 Å². The molecule has 0 spiro atoms. The smallest absolute Gasteiger partial charge is 0.0965 e. The lowest BCUT2D eigenvalue weighted by molar-refractivity contribution is 0.115. The first-order valence-corrected chi connectivity index (χ1v) is 8.80. The van der Waals surface area contributed by atoms with E-state index < -0.39 is 0 Å². The van der Waals surface area contributed by atoms with Crippen LogP contribution < -0.4 is 0 Å². The number of nitriles is 1. The summed E-state index contributed by atoms with van der Waals surface area (Å²) in [5, 5.41) is 9.45.